The highest BCUT2D eigenvalue weighted by molar-refractivity contribution is 5.26. The summed E-state index contributed by atoms with van der Waals surface area (Å²) in [4.78, 5) is 0. The van der Waals surface area contributed by atoms with Crippen LogP contribution < -0.4 is 4.74 Å². The van der Waals surface area contributed by atoms with E-state index in [1.807, 2.05) is 24.3 Å². The van der Waals surface area contributed by atoms with Crippen LogP contribution in [-0.2, 0) is 16.1 Å². The van der Waals surface area contributed by atoms with E-state index in [0.717, 1.165) is 17.7 Å². The number of hydrogen-bond donors (Lipinski definition) is 1. The van der Waals surface area contributed by atoms with Gasteiger partial charge in [0.1, 0.15) is 5.75 Å². The predicted octanol–water partition coefficient (Wildman–Crippen LogP) is 1.71. The molecule has 4 nitrogen and oxygen atoms in total. The van der Waals surface area contributed by atoms with Gasteiger partial charge in [0.05, 0.1) is 26.4 Å². The van der Waals surface area contributed by atoms with Gasteiger partial charge in [0, 0.05) is 6.42 Å². The standard InChI is InChI=1S/C13H18O4/c1-15-11-4-2-10(3-5-11)9-17-12-6-7-16-13(14)8-12/h2-5,12-14H,6-9H2,1H3/t12-,13?/m1/s1. The average molecular weight is 238 g/mol. The minimum Gasteiger partial charge on any atom is -0.497 e. The van der Waals surface area contributed by atoms with Gasteiger partial charge in [0.2, 0.25) is 0 Å². The Bertz CT molecular complexity index is 336. The highest BCUT2D eigenvalue weighted by Gasteiger charge is 2.20. The molecule has 1 aromatic carbocycles. The van der Waals surface area contributed by atoms with Crippen LogP contribution in [0.3, 0.4) is 0 Å². The van der Waals surface area contributed by atoms with Crippen LogP contribution in [0.4, 0.5) is 0 Å². The number of methoxy groups -OCH3 is 1. The Balaban J connectivity index is 1.80. The first-order valence-corrected chi connectivity index (χ1v) is 5.82. The zero-order chi connectivity index (χ0) is 12.1. The van der Waals surface area contributed by atoms with Crippen molar-refractivity contribution in [1.82, 2.24) is 0 Å². The summed E-state index contributed by atoms with van der Waals surface area (Å²) >= 11 is 0. The molecule has 1 aromatic rings. The van der Waals surface area contributed by atoms with Crippen molar-refractivity contribution < 1.29 is 19.3 Å². The van der Waals surface area contributed by atoms with Gasteiger partial charge in [0.15, 0.2) is 6.29 Å². The van der Waals surface area contributed by atoms with Gasteiger partial charge < -0.3 is 19.3 Å². The minimum atomic E-state index is -0.676. The number of aliphatic hydroxyl groups is 1. The first-order valence-electron chi connectivity index (χ1n) is 5.82. The molecule has 0 saturated carbocycles. The van der Waals surface area contributed by atoms with Crippen molar-refractivity contribution in [2.75, 3.05) is 13.7 Å². The highest BCUT2D eigenvalue weighted by atomic mass is 16.6. The lowest BCUT2D eigenvalue weighted by molar-refractivity contribution is -0.165. The largest absolute Gasteiger partial charge is 0.497 e. The summed E-state index contributed by atoms with van der Waals surface area (Å²) in [6, 6.07) is 7.79. The molecule has 1 heterocycles. The normalized spacial score (nSPS) is 24.6. The molecule has 17 heavy (non-hydrogen) atoms. The fourth-order valence-corrected chi connectivity index (χ4v) is 1.83. The van der Waals surface area contributed by atoms with Gasteiger partial charge in [-0.05, 0) is 24.1 Å². The van der Waals surface area contributed by atoms with Crippen LogP contribution in [0.25, 0.3) is 0 Å². The summed E-state index contributed by atoms with van der Waals surface area (Å²) < 4.78 is 15.9. The van der Waals surface area contributed by atoms with Crippen molar-refractivity contribution >= 4 is 0 Å². The fourth-order valence-electron chi connectivity index (χ4n) is 1.83. The van der Waals surface area contributed by atoms with Gasteiger partial charge in [-0.25, -0.2) is 0 Å². The molecule has 4 heteroatoms. The second-order valence-corrected chi connectivity index (χ2v) is 4.13. The molecule has 1 fully saturated rings. The molecular formula is C13H18O4. The number of hydrogen-bond acceptors (Lipinski definition) is 4. The maximum absolute atomic E-state index is 9.33. The van der Waals surface area contributed by atoms with Crippen molar-refractivity contribution in [3.8, 4) is 5.75 Å². The van der Waals surface area contributed by atoms with Gasteiger partial charge in [-0.1, -0.05) is 12.1 Å². The van der Waals surface area contributed by atoms with E-state index >= 15 is 0 Å². The molecule has 1 saturated heterocycles. The van der Waals surface area contributed by atoms with Crippen LogP contribution >= 0.6 is 0 Å². The van der Waals surface area contributed by atoms with Crippen LogP contribution in [0.5, 0.6) is 5.75 Å². The molecule has 0 amide bonds. The van der Waals surface area contributed by atoms with Crippen LogP contribution in [0, 0.1) is 0 Å². The van der Waals surface area contributed by atoms with Crippen molar-refractivity contribution in [2.24, 2.45) is 0 Å². The van der Waals surface area contributed by atoms with Gasteiger partial charge in [-0.15, -0.1) is 0 Å². The lowest BCUT2D eigenvalue weighted by Gasteiger charge is -2.26. The van der Waals surface area contributed by atoms with Crippen LogP contribution in [0.2, 0.25) is 0 Å². The third-order valence-electron chi connectivity index (χ3n) is 2.86. The average Bonchev–Trinajstić information content (AvgIpc) is 2.37. The molecule has 1 aliphatic heterocycles. The summed E-state index contributed by atoms with van der Waals surface area (Å²) in [5, 5.41) is 9.33. The van der Waals surface area contributed by atoms with E-state index in [-0.39, 0.29) is 6.10 Å². The van der Waals surface area contributed by atoms with Crippen molar-refractivity contribution in [3.05, 3.63) is 29.8 Å². The van der Waals surface area contributed by atoms with E-state index in [4.69, 9.17) is 14.2 Å². The lowest BCUT2D eigenvalue weighted by Crippen LogP contribution is -2.30. The van der Waals surface area contributed by atoms with E-state index in [0.29, 0.717) is 19.6 Å². The molecule has 0 aliphatic carbocycles. The Labute approximate surface area is 101 Å². The molecule has 1 aliphatic rings. The summed E-state index contributed by atoms with van der Waals surface area (Å²) in [6.45, 7) is 1.12. The zero-order valence-corrected chi connectivity index (χ0v) is 9.96. The highest BCUT2D eigenvalue weighted by Crippen LogP contribution is 2.18. The van der Waals surface area contributed by atoms with Crippen molar-refractivity contribution in [2.45, 2.75) is 31.8 Å². The monoisotopic (exact) mass is 238 g/mol. The van der Waals surface area contributed by atoms with E-state index in [1.54, 1.807) is 7.11 Å². The molecule has 0 radical (unpaired) electrons. The topological polar surface area (TPSA) is 47.9 Å². The van der Waals surface area contributed by atoms with Crippen LogP contribution in [0.15, 0.2) is 24.3 Å². The third kappa shape index (κ3) is 3.70. The SMILES string of the molecule is COc1ccc(CO[C@@H]2CCOC(O)C2)cc1. The van der Waals surface area contributed by atoms with E-state index in [2.05, 4.69) is 0 Å². The van der Waals surface area contributed by atoms with E-state index in [9.17, 15) is 5.11 Å². The third-order valence-corrected chi connectivity index (χ3v) is 2.86. The van der Waals surface area contributed by atoms with Crippen molar-refractivity contribution in [1.29, 1.82) is 0 Å². The molecule has 94 valence electrons. The number of rotatable bonds is 4. The predicted molar refractivity (Wildman–Crippen MR) is 62.8 cm³/mol. The first kappa shape index (κ1) is 12.4. The molecule has 0 aromatic heterocycles. The maximum Gasteiger partial charge on any atom is 0.157 e. The zero-order valence-electron chi connectivity index (χ0n) is 9.96. The Morgan fingerprint density at radius 1 is 1.35 bits per heavy atom. The van der Waals surface area contributed by atoms with Crippen molar-refractivity contribution in [3.63, 3.8) is 0 Å². The molecule has 1 N–H and O–H groups in total. The number of ether oxygens (including phenoxy) is 3. The first-order chi connectivity index (χ1) is 8.28. The van der Waals surface area contributed by atoms with Crippen LogP contribution in [0.1, 0.15) is 18.4 Å². The van der Waals surface area contributed by atoms with E-state index < -0.39 is 6.29 Å². The summed E-state index contributed by atoms with van der Waals surface area (Å²) in [5.74, 6) is 0.843. The Hall–Kier alpha value is -1.10. The Morgan fingerprint density at radius 3 is 2.76 bits per heavy atom. The molecule has 0 spiro atoms. The Kier molecular flexibility index (Phi) is 4.36. The fraction of sp³-hybridized carbons (Fsp3) is 0.538. The smallest absolute Gasteiger partial charge is 0.157 e. The molecule has 1 unspecified atom stereocenters. The molecule has 2 rings (SSSR count). The Morgan fingerprint density at radius 2 is 2.12 bits per heavy atom. The quantitative estimate of drug-likeness (QED) is 0.867. The molecule has 0 bridgehead atoms. The molecular weight excluding hydrogens is 220 g/mol. The molecule has 2 atom stereocenters. The van der Waals surface area contributed by atoms with Crippen LogP contribution in [-0.4, -0.2) is 31.2 Å². The second kappa shape index (κ2) is 6.00. The van der Waals surface area contributed by atoms with Gasteiger partial charge >= 0.3 is 0 Å². The minimum absolute atomic E-state index is 0.0841. The summed E-state index contributed by atoms with van der Waals surface area (Å²) in [5.41, 5.74) is 1.10. The van der Waals surface area contributed by atoms with Gasteiger partial charge in [-0.2, -0.15) is 0 Å². The summed E-state index contributed by atoms with van der Waals surface area (Å²) in [7, 11) is 1.65. The second-order valence-electron chi connectivity index (χ2n) is 4.13. The maximum atomic E-state index is 9.33. The number of benzene rings is 1. The lowest BCUT2D eigenvalue weighted by atomic mass is 10.1. The van der Waals surface area contributed by atoms with Gasteiger partial charge in [-0.3, -0.25) is 0 Å². The van der Waals surface area contributed by atoms with Gasteiger partial charge in [0.25, 0.3) is 0 Å². The summed E-state index contributed by atoms with van der Waals surface area (Å²) in [6.07, 6.45) is 0.800. The number of aliphatic hydroxyl groups excluding tert-OH is 1. The van der Waals surface area contributed by atoms with E-state index in [1.165, 1.54) is 0 Å².